The van der Waals surface area contributed by atoms with Crippen molar-refractivity contribution in [1.82, 2.24) is 0 Å². The van der Waals surface area contributed by atoms with Crippen LogP contribution in [0.15, 0.2) is 36.4 Å². The summed E-state index contributed by atoms with van der Waals surface area (Å²) in [5.41, 5.74) is 3.24. The van der Waals surface area contributed by atoms with E-state index in [1.807, 2.05) is 38.1 Å². The van der Waals surface area contributed by atoms with Crippen molar-refractivity contribution in [2.45, 2.75) is 27.2 Å². The quantitative estimate of drug-likeness (QED) is 0.817. The summed E-state index contributed by atoms with van der Waals surface area (Å²) in [6, 6.07) is 11.1. The molecule has 0 saturated carbocycles. The molecule has 0 spiro atoms. The van der Waals surface area contributed by atoms with Crippen LogP contribution in [0, 0.1) is 13.8 Å². The molecule has 0 aromatic heterocycles. The summed E-state index contributed by atoms with van der Waals surface area (Å²) in [5, 5.41) is 3.40. The third-order valence-corrected chi connectivity index (χ3v) is 4.42. The lowest BCUT2D eigenvalue weighted by molar-refractivity contribution is -0.117. The van der Waals surface area contributed by atoms with Crippen molar-refractivity contribution in [3.63, 3.8) is 0 Å². The highest BCUT2D eigenvalue weighted by molar-refractivity contribution is 6.31. The lowest BCUT2D eigenvalue weighted by Crippen LogP contribution is -2.32. The van der Waals surface area contributed by atoms with Gasteiger partial charge in [-0.3, -0.25) is 9.59 Å². The van der Waals surface area contributed by atoms with E-state index in [1.165, 1.54) is 14.0 Å². The van der Waals surface area contributed by atoms with Crippen molar-refractivity contribution in [2.75, 3.05) is 23.9 Å². The highest BCUT2D eigenvalue weighted by Gasteiger charge is 2.15. The summed E-state index contributed by atoms with van der Waals surface area (Å²) in [6.45, 7) is 5.60. The molecular weight excluding hydrogens is 352 g/mol. The van der Waals surface area contributed by atoms with Crippen LogP contribution in [0.1, 0.15) is 24.5 Å². The summed E-state index contributed by atoms with van der Waals surface area (Å²) in [6.07, 6.45) is 0.165. The number of rotatable bonds is 6. The molecule has 5 nitrogen and oxygen atoms in total. The van der Waals surface area contributed by atoms with Gasteiger partial charge in [0, 0.05) is 36.7 Å². The Hall–Kier alpha value is -2.53. The highest BCUT2D eigenvalue weighted by Crippen LogP contribution is 2.31. The number of hydrogen-bond acceptors (Lipinski definition) is 3. The number of halogens is 1. The summed E-state index contributed by atoms with van der Waals surface area (Å²) in [7, 11) is 1.52. The zero-order valence-electron chi connectivity index (χ0n) is 15.4. The Kier molecular flexibility index (Phi) is 6.64. The van der Waals surface area contributed by atoms with Crippen LogP contribution in [-0.4, -0.2) is 25.5 Å². The number of aryl methyl sites for hydroxylation is 2. The molecule has 0 unspecified atom stereocenters. The first-order valence-electron chi connectivity index (χ1n) is 8.30. The van der Waals surface area contributed by atoms with Crippen LogP contribution >= 0.6 is 11.6 Å². The number of nitrogens with zero attached hydrogens (tertiary/aromatic N) is 1. The van der Waals surface area contributed by atoms with Crippen LogP contribution in [0.25, 0.3) is 0 Å². The van der Waals surface area contributed by atoms with Crippen molar-refractivity contribution in [2.24, 2.45) is 0 Å². The molecule has 0 heterocycles. The van der Waals surface area contributed by atoms with Gasteiger partial charge in [0.1, 0.15) is 5.75 Å². The lowest BCUT2D eigenvalue weighted by atomic mass is 10.2. The Morgan fingerprint density at radius 1 is 1.19 bits per heavy atom. The fourth-order valence-corrected chi connectivity index (χ4v) is 2.77. The van der Waals surface area contributed by atoms with Crippen LogP contribution in [0.2, 0.25) is 5.02 Å². The highest BCUT2D eigenvalue weighted by atomic mass is 35.5. The molecule has 2 aromatic rings. The molecule has 6 heteroatoms. The van der Waals surface area contributed by atoms with Crippen LogP contribution in [-0.2, 0) is 9.59 Å². The number of anilines is 2. The number of hydrogen-bond donors (Lipinski definition) is 1. The molecule has 0 aliphatic carbocycles. The Morgan fingerprint density at radius 2 is 1.92 bits per heavy atom. The fourth-order valence-electron chi connectivity index (χ4n) is 2.62. The Morgan fingerprint density at radius 3 is 2.54 bits per heavy atom. The van der Waals surface area contributed by atoms with Gasteiger partial charge in [-0.2, -0.15) is 0 Å². The van der Waals surface area contributed by atoms with Gasteiger partial charge in [0.15, 0.2) is 0 Å². The van der Waals surface area contributed by atoms with Gasteiger partial charge in [0.25, 0.3) is 0 Å². The van der Waals surface area contributed by atoms with E-state index in [1.54, 1.807) is 17.0 Å². The minimum absolute atomic E-state index is 0.108. The van der Waals surface area contributed by atoms with Gasteiger partial charge in [0.2, 0.25) is 11.8 Å². The zero-order valence-corrected chi connectivity index (χ0v) is 16.2. The van der Waals surface area contributed by atoms with E-state index in [2.05, 4.69) is 5.32 Å². The molecule has 0 aliphatic rings. The SMILES string of the molecule is COc1cc(Cl)c(C)cc1NC(=O)CCN(C(C)=O)c1cccc(C)c1. The molecule has 26 heavy (non-hydrogen) atoms. The minimum atomic E-state index is -0.205. The fraction of sp³-hybridized carbons (Fsp3) is 0.300. The lowest BCUT2D eigenvalue weighted by Gasteiger charge is -2.21. The van der Waals surface area contributed by atoms with Crippen LogP contribution in [0.3, 0.4) is 0 Å². The number of ether oxygens (including phenoxy) is 1. The number of nitrogens with one attached hydrogen (secondary N) is 1. The van der Waals surface area contributed by atoms with Crippen LogP contribution in [0.5, 0.6) is 5.75 Å². The molecule has 0 fully saturated rings. The third-order valence-electron chi connectivity index (χ3n) is 4.01. The topological polar surface area (TPSA) is 58.6 Å². The van der Waals surface area contributed by atoms with E-state index < -0.39 is 0 Å². The maximum Gasteiger partial charge on any atom is 0.226 e. The zero-order chi connectivity index (χ0) is 19.3. The predicted molar refractivity (Wildman–Crippen MR) is 105 cm³/mol. The summed E-state index contributed by atoms with van der Waals surface area (Å²) >= 11 is 6.08. The maximum atomic E-state index is 12.4. The van der Waals surface area contributed by atoms with Crippen molar-refractivity contribution in [1.29, 1.82) is 0 Å². The number of benzene rings is 2. The largest absolute Gasteiger partial charge is 0.495 e. The first-order valence-corrected chi connectivity index (χ1v) is 8.68. The van der Waals surface area contributed by atoms with Crippen molar-refractivity contribution < 1.29 is 14.3 Å². The molecule has 0 aliphatic heterocycles. The molecule has 138 valence electrons. The van der Waals surface area contributed by atoms with Crippen LogP contribution in [0.4, 0.5) is 11.4 Å². The van der Waals surface area contributed by atoms with Crippen molar-refractivity contribution in [3.05, 3.63) is 52.5 Å². The van der Waals surface area contributed by atoms with E-state index in [9.17, 15) is 9.59 Å². The van der Waals surface area contributed by atoms with Gasteiger partial charge in [0.05, 0.1) is 12.8 Å². The van der Waals surface area contributed by atoms with Crippen molar-refractivity contribution >= 4 is 34.8 Å². The molecule has 1 N–H and O–H groups in total. The first kappa shape index (κ1) is 19.8. The van der Waals surface area contributed by atoms with E-state index >= 15 is 0 Å². The van der Waals surface area contributed by atoms with E-state index in [-0.39, 0.29) is 18.2 Å². The van der Waals surface area contributed by atoms with Gasteiger partial charge < -0.3 is 15.0 Å². The van der Waals surface area contributed by atoms with Crippen molar-refractivity contribution in [3.8, 4) is 5.75 Å². The summed E-state index contributed by atoms with van der Waals surface area (Å²) in [4.78, 5) is 25.9. The minimum Gasteiger partial charge on any atom is -0.495 e. The van der Waals surface area contributed by atoms with E-state index in [4.69, 9.17) is 16.3 Å². The molecule has 0 radical (unpaired) electrons. The Balaban J connectivity index is 2.07. The molecule has 2 aromatic carbocycles. The molecule has 2 rings (SSSR count). The number of carbonyl (C=O) groups is 2. The monoisotopic (exact) mass is 374 g/mol. The summed E-state index contributed by atoms with van der Waals surface area (Å²) < 4.78 is 5.26. The second kappa shape index (κ2) is 8.72. The predicted octanol–water partition coefficient (Wildman–Crippen LogP) is 4.35. The van der Waals surface area contributed by atoms with E-state index in [0.717, 1.165) is 16.8 Å². The average molecular weight is 375 g/mol. The molecule has 0 bridgehead atoms. The standard InChI is InChI=1S/C20H23ClN2O3/c1-13-6-5-7-16(10-13)23(15(3)24)9-8-20(25)22-18-11-14(2)17(21)12-19(18)26-4/h5-7,10-12H,8-9H2,1-4H3,(H,22,25). The van der Waals surface area contributed by atoms with Gasteiger partial charge in [-0.1, -0.05) is 23.7 Å². The van der Waals surface area contributed by atoms with Crippen LogP contribution < -0.4 is 15.0 Å². The van der Waals surface area contributed by atoms with Gasteiger partial charge in [-0.15, -0.1) is 0 Å². The second-order valence-electron chi connectivity index (χ2n) is 6.11. The molecule has 0 saturated heterocycles. The molecule has 2 amide bonds. The second-order valence-corrected chi connectivity index (χ2v) is 6.52. The van der Waals surface area contributed by atoms with Gasteiger partial charge >= 0.3 is 0 Å². The Bertz CT molecular complexity index is 821. The van der Waals surface area contributed by atoms with E-state index in [0.29, 0.717) is 23.0 Å². The number of methoxy groups -OCH3 is 1. The normalized spacial score (nSPS) is 10.3. The van der Waals surface area contributed by atoms with Gasteiger partial charge in [-0.25, -0.2) is 0 Å². The number of carbonyl (C=O) groups excluding carboxylic acids is 2. The smallest absolute Gasteiger partial charge is 0.226 e. The first-order chi connectivity index (χ1) is 12.3. The summed E-state index contributed by atoms with van der Waals surface area (Å²) in [5.74, 6) is 0.184. The van der Waals surface area contributed by atoms with Gasteiger partial charge in [-0.05, 0) is 43.2 Å². The average Bonchev–Trinajstić information content (AvgIpc) is 2.58. The maximum absolute atomic E-state index is 12.4. The molecule has 0 atom stereocenters. The third kappa shape index (κ3) is 4.99. The number of amides is 2. The molecular formula is C20H23ClN2O3. The Labute approximate surface area is 158 Å².